The van der Waals surface area contributed by atoms with Crippen LogP contribution in [0.15, 0.2) is 18.2 Å². The van der Waals surface area contributed by atoms with E-state index in [0.717, 1.165) is 11.4 Å². The van der Waals surface area contributed by atoms with E-state index in [9.17, 15) is 8.42 Å². The number of sulfone groups is 1. The molecule has 0 aliphatic carbocycles. The van der Waals surface area contributed by atoms with Gasteiger partial charge in [0, 0.05) is 18.4 Å². The molecule has 0 heterocycles. The Kier molecular flexibility index (Phi) is 5.95. The predicted octanol–water partition coefficient (Wildman–Crippen LogP) is 1.94. The summed E-state index contributed by atoms with van der Waals surface area (Å²) in [6.45, 7) is 2.25. The van der Waals surface area contributed by atoms with Gasteiger partial charge in [-0.05, 0) is 18.6 Å². The van der Waals surface area contributed by atoms with Crippen LogP contribution in [-0.2, 0) is 9.84 Å². The molecule has 0 saturated carbocycles. The third-order valence-corrected chi connectivity index (χ3v) is 4.59. The van der Waals surface area contributed by atoms with E-state index >= 15 is 0 Å². The van der Waals surface area contributed by atoms with E-state index in [-0.39, 0.29) is 11.5 Å². The molecule has 1 N–H and O–H groups in total. The van der Waals surface area contributed by atoms with Crippen LogP contribution in [0, 0.1) is 0 Å². The lowest BCUT2D eigenvalue weighted by atomic mass is 10.2. The lowest BCUT2D eigenvalue weighted by molar-refractivity contribution is 0.395. The second-order valence-electron chi connectivity index (χ2n) is 4.08. The van der Waals surface area contributed by atoms with Crippen LogP contribution in [0.25, 0.3) is 0 Å². The van der Waals surface area contributed by atoms with Crippen molar-refractivity contribution in [2.45, 2.75) is 13.3 Å². The van der Waals surface area contributed by atoms with Gasteiger partial charge in [0.1, 0.15) is 21.3 Å². The number of rotatable bonds is 8. The first-order valence-corrected chi connectivity index (χ1v) is 8.01. The molecule has 6 heteroatoms. The average molecular weight is 287 g/mol. The SMILES string of the molecule is CCS(=O)(=O)CCCNc1ccc(OC)cc1OC. The van der Waals surface area contributed by atoms with Gasteiger partial charge in [-0.3, -0.25) is 0 Å². The largest absolute Gasteiger partial charge is 0.497 e. The van der Waals surface area contributed by atoms with Crippen LogP contribution in [0.2, 0.25) is 0 Å². The average Bonchev–Trinajstić information content (AvgIpc) is 2.43. The maximum absolute atomic E-state index is 11.3. The Morgan fingerprint density at radius 2 is 1.95 bits per heavy atom. The number of nitrogens with one attached hydrogen (secondary N) is 1. The van der Waals surface area contributed by atoms with Gasteiger partial charge in [-0.25, -0.2) is 8.42 Å². The van der Waals surface area contributed by atoms with Gasteiger partial charge < -0.3 is 14.8 Å². The van der Waals surface area contributed by atoms with Crippen LogP contribution in [0.1, 0.15) is 13.3 Å². The summed E-state index contributed by atoms with van der Waals surface area (Å²) < 4.78 is 33.1. The molecule has 0 spiro atoms. The molecule has 1 rings (SSSR count). The van der Waals surface area contributed by atoms with E-state index in [0.29, 0.717) is 18.7 Å². The molecule has 0 amide bonds. The molecule has 0 aliphatic heterocycles. The van der Waals surface area contributed by atoms with Gasteiger partial charge in [0.25, 0.3) is 0 Å². The van der Waals surface area contributed by atoms with Crippen LogP contribution in [0.3, 0.4) is 0 Å². The minimum atomic E-state index is -2.89. The van der Waals surface area contributed by atoms with Crippen LogP contribution in [-0.4, -0.2) is 40.7 Å². The summed E-state index contributed by atoms with van der Waals surface area (Å²) in [6.07, 6.45) is 0.575. The quantitative estimate of drug-likeness (QED) is 0.740. The third-order valence-electron chi connectivity index (χ3n) is 2.80. The molecule has 1 aromatic rings. The molecule has 0 saturated heterocycles. The minimum Gasteiger partial charge on any atom is -0.497 e. The second kappa shape index (κ2) is 7.23. The highest BCUT2D eigenvalue weighted by Crippen LogP contribution is 2.28. The number of hydrogen-bond acceptors (Lipinski definition) is 5. The first-order chi connectivity index (χ1) is 9.02. The Bertz CT molecular complexity index is 499. The first kappa shape index (κ1) is 15.6. The molecule has 0 aromatic heterocycles. The fraction of sp³-hybridized carbons (Fsp3) is 0.538. The molecule has 1 aromatic carbocycles. The smallest absolute Gasteiger partial charge is 0.150 e. The molecule has 0 bridgehead atoms. The zero-order valence-electron chi connectivity index (χ0n) is 11.6. The van der Waals surface area contributed by atoms with Gasteiger partial charge in [-0.1, -0.05) is 6.92 Å². The van der Waals surface area contributed by atoms with Crippen molar-refractivity contribution in [3.05, 3.63) is 18.2 Å². The molecule has 0 fully saturated rings. The number of ether oxygens (including phenoxy) is 2. The highest BCUT2D eigenvalue weighted by molar-refractivity contribution is 7.91. The van der Waals surface area contributed by atoms with Crippen molar-refractivity contribution in [3.8, 4) is 11.5 Å². The topological polar surface area (TPSA) is 64.6 Å². The monoisotopic (exact) mass is 287 g/mol. The summed E-state index contributed by atoms with van der Waals surface area (Å²) in [5.41, 5.74) is 0.831. The minimum absolute atomic E-state index is 0.193. The number of benzene rings is 1. The molecule has 5 nitrogen and oxygen atoms in total. The van der Waals surface area contributed by atoms with Gasteiger partial charge in [-0.15, -0.1) is 0 Å². The van der Waals surface area contributed by atoms with Crippen molar-refractivity contribution in [1.29, 1.82) is 0 Å². The molecule has 0 radical (unpaired) electrons. The highest BCUT2D eigenvalue weighted by Gasteiger charge is 2.08. The van der Waals surface area contributed by atoms with Gasteiger partial charge in [0.05, 0.1) is 25.7 Å². The van der Waals surface area contributed by atoms with Crippen LogP contribution < -0.4 is 14.8 Å². The summed E-state index contributed by atoms with van der Waals surface area (Å²) >= 11 is 0. The Morgan fingerprint density at radius 1 is 1.21 bits per heavy atom. The van der Waals surface area contributed by atoms with Gasteiger partial charge in [-0.2, -0.15) is 0 Å². The van der Waals surface area contributed by atoms with E-state index in [1.165, 1.54) is 0 Å². The van der Waals surface area contributed by atoms with Crippen LogP contribution in [0.4, 0.5) is 5.69 Å². The lowest BCUT2D eigenvalue weighted by Crippen LogP contribution is -2.13. The van der Waals surface area contributed by atoms with Gasteiger partial charge >= 0.3 is 0 Å². The van der Waals surface area contributed by atoms with Crippen molar-refractivity contribution < 1.29 is 17.9 Å². The van der Waals surface area contributed by atoms with E-state index in [1.54, 1.807) is 27.2 Å². The summed E-state index contributed by atoms with van der Waals surface area (Å²) in [7, 11) is 0.288. The summed E-state index contributed by atoms with van der Waals surface area (Å²) in [4.78, 5) is 0. The van der Waals surface area contributed by atoms with E-state index < -0.39 is 9.84 Å². The number of anilines is 1. The second-order valence-corrected chi connectivity index (χ2v) is 6.56. The summed E-state index contributed by atoms with van der Waals surface area (Å²) in [5.74, 6) is 1.79. The van der Waals surface area contributed by atoms with E-state index in [2.05, 4.69) is 5.32 Å². The predicted molar refractivity (Wildman–Crippen MR) is 77.0 cm³/mol. The zero-order valence-corrected chi connectivity index (χ0v) is 12.4. The molecular formula is C13H21NO4S. The molecule has 0 unspecified atom stereocenters. The standard InChI is InChI=1S/C13H21NO4S/c1-4-19(15,16)9-5-8-14-12-7-6-11(17-2)10-13(12)18-3/h6-7,10,14H,4-5,8-9H2,1-3H3. The molecule has 0 aliphatic rings. The van der Waals surface area contributed by atoms with E-state index in [1.807, 2.05) is 12.1 Å². The number of hydrogen-bond donors (Lipinski definition) is 1. The fourth-order valence-electron chi connectivity index (χ4n) is 1.60. The molecule has 19 heavy (non-hydrogen) atoms. The molecule has 108 valence electrons. The van der Waals surface area contributed by atoms with Crippen molar-refractivity contribution in [2.24, 2.45) is 0 Å². The van der Waals surface area contributed by atoms with Crippen LogP contribution >= 0.6 is 0 Å². The van der Waals surface area contributed by atoms with Gasteiger partial charge in [0.15, 0.2) is 0 Å². The van der Waals surface area contributed by atoms with Gasteiger partial charge in [0.2, 0.25) is 0 Å². The molecule has 0 atom stereocenters. The van der Waals surface area contributed by atoms with Crippen molar-refractivity contribution in [3.63, 3.8) is 0 Å². The Hall–Kier alpha value is -1.43. The first-order valence-electron chi connectivity index (χ1n) is 6.18. The normalized spacial score (nSPS) is 11.1. The maximum atomic E-state index is 11.3. The number of methoxy groups -OCH3 is 2. The van der Waals surface area contributed by atoms with Crippen molar-refractivity contribution in [2.75, 3.05) is 37.6 Å². The highest BCUT2D eigenvalue weighted by atomic mass is 32.2. The lowest BCUT2D eigenvalue weighted by Gasteiger charge is -2.12. The molecular weight excluding hydrogens is 266 g/mol. The fourth-order valence-corrected chi connectivity index (χ4v) is 2.48. The Labute approximate surface area is 114 Å². The van der Waals surface area contributed by atoms with Crippen molar-refractivity contribution in [1.82, 2.24) is 0 Å². The Balaban J connectivity index is 2.54. The van der Waals surface area contributed by atoms with Crippen LogP contribution in [0.5, 0.6) is 11.5 Å². The third kappa shape index (κ3) is 4.98. The maximum Gasteiger partial charge on any atom is 0.150 e. The van der Waals surface area contributed by atoms with E-state index in [4.69, 9.17) is 9.47 Å². The van der Waals surface area contributed by atoms with Crippen molar-refractivity contribution >= 4 is 15.5 Å². The zero-order chi connectivity index (χ0) is 14.3. The Morgan fingerprint density at radius 3 is 2.53 bits per heavy atom. The summed E-state index contributed by atoms with van der Waals surface area (Å²) in [6, 6.07) is 5.46. The summed E-state index contributed by atoms with van der Waals surface area (Å²) in [5, 5.41) is 3.17.